The molecule has 1 unspecified atom stereocenters. The first kappa shape index (κ1) is 14.1. The Kier molecular flexibility index (Phi) is 3.92. The predicted octanol–water partition coefficient (Wildman–Crippen LogP) is 0.172. The number of rotatable bonds is 3. The highest BCUT2D eigenvalue weighted by atomic mass is 16.3. The zero-order chi connectivity index (χ0) is 14.8. The van der Waals surface area contributed by atoms with Gasteiger partial charge in [-0.1, -0.05) is 6.07 Å². The number of nitrogens with one attached hydrogen (secondary N) is 2. The highest BCUT2D eigenvalue weighted by molar-refractivity contribution is 5.87. The molecule has 1 fully saturated rings. The summed E-state index contributed by atoms with van der Waals surface area (Å²) in [5.41, 5.74) is 0.823. The molecular formula is C15H19N3O3. The van der Waals surface area contributed by atoms with Crippen LogP contribution in [0.1, 0.15) is 11.7 Å². The third kappa shape index (κ3) is 2.92. The zero-order valence-electron chi connectivity index (χ0n) is 11.7. The SMILES string of the molecule is O=c1ccc2c(C(O)CN3CCNCC3)ccc(O)c2[nH]1. The maximum Gasteiger partial charge on any atom is 0.248 e. The summed E-state index contributed by atoms with van der Waals surface area (Å²) in [7, 11) is 0. The molecule has 0 saturated carbocycles. The molecule has 1 aromatic carbocycles. The Bertz CT molecular complexity index is 692. The average molecular weight is 289 g/mol. The predicted molar refractivity (Wildman–Crippen MR) is 80.5 cm³/mol. The number of benzene rings is 1. The summed E-state index contributed by atoms with van der Waals surface area (Å²) in [5, 5.41) is 24.3. The minimum atomic E-state index is -0.655. The molecule has 1 aliphatic rings. The van der Waals surface area contributed by atoms with E-state index in [2.05, 4.69) is 15.2 Å². The molecule has 3 rings (SSSR count). The van der Waals surface area contributed by atoms with Crippen molar-refractivity contribution in [2.24, 2.45) is 0 Å². The van der Waals surface area contributed by atoms with Crippen molar-refractivity contribution in [2.45, 2.75) is 6.10 Å². The number of hydrogen-bond donors (Lipinski definition) is 4. The van der Waals surface area contributed by atoms with Gasteiger partial charge in [-0.2, -0.15) is 0 Å². The number of H-pyrrole nitrogens is 1. The number of hydrogen-bond acceptors (Lipinski definition) is 5. The van der Waals surface area contributed by atoms with Gasteiger partial charge in [0.05, 0.1) is 11.6 Å². The van der Waals surface area contributed by atoms with Crippen molar-refractivity contribution in [1.29, 1.82) is 0 Å². The molecule has 0 radical (unpaired) electrons. The van der Waals surface area contributed by atoms with Crippen molar-refractivity contribution in [3.8, 4) is 5.75 Å². The molecular weight excluding hydrogens is 270 g/mol. The standard InChI is InChI=1S/C15H19N3O3/c19-12-3-1-10(11-2-4-14(21)17-15(11)12)13(20)9-18-7-5-16-6-8-18/h1-4,13,16,19-20H,5-9H2,(H,17,21). The third-order valence-electron chi connectivity index (χ3n) is 3.91. The summed E-state index contributed by atoms with van der Waals surface area (Å²) in [6, 6.07) is 6.27. The van der Waals surface area contributed by atoms with Crippen LogP contribution in [0.15, 0.2) is 29.1 Å². The number of aliphatic hydroxyl groups excluding tert-OH is 1. The number of aromatic amines is 1. The van der Waals surface area contributed by atoms with Gasteiger partial charge in [0.15, 0.2) is 0 Å². The van der Waals surface area contributed by atoms with Crippen molar-refractivity contribution in [3.63, 3.8) is 0 Å². The molecule has 6 heteroatoms. The smallest absolute Gasteiger partial charge is 0.248 e. The second-order valence-corrected chi connectivity index (χ2v) is 5.35. The lowest BCUT2D eigenvalue weighted by Gasteiger charge is -2.29. The summed E-state index contributed by atoms with van der Waals surface area (Å²) in [6.07, 6.45) is -0.655. The first-order valence-electron chi connectivity index (χ1n) is 7.11. The highest BCUT2D eigenvalue weighted by Gasteiger charge is 2.18. The maximum atomic E-state index is 11.4. The number of pyridine rings is 1. The number of aromatic hydroxyl groups is 1. The number of phenolic OH excluding ortho intramolecular Hbond substituents is 1. The molecule has 1 atom stereocenters. The molecule has 2 heterocycles. The maximum absolute atomic E-state index is 11.4. The lowest BCUT2D eigenvalue weighted by atomic mass is 10.0. The van der Waals surface area contributed by atoms with Crippen LogP contribution in [0.5, 0.6) is 5.75 Å². The third-order valence-corrected chi connectivity index (χ3v) is 3.91. The Balaban J connectivity index is 1.92. The number of fused-ring (bicyclic) bond motifs is 1. The summed E-state index contributed by atoms with van der Waals surface area (Å²) in [4.78, 5) is 16.2. The van der Waals surface area contributed by atoms with E-state index in [1.165, 1.54) is 12.1 Å². The van der Waals surface area contributed by atoms with E-state index in [1.807, 2.05) is 0 Å². The first-order valence-corrected chi connectivity index (χ1v) is 7.11. The number of β-amino-alcohol motifs (C(OH)–C–C–N with tert-alkyl or cyclic N) is 1. The van der Waals surface area contributed by atoms with Gasteiger partial charge in [0.25, 0.3) is 0 Å². The molecule has 0 spiro atoms. The largest absolute Gasteiger partial charge is 0.506 e. The summed E-state index contributed by atoms with van der Waals surface area (Å²) in [6.45, 7) is 4.21. The Morgan fingerprint density at radius 1 is 1.19 bits per heavy atom. The van der Waals surface area contributed by atoms with Gasteiger partial charge in [-0.15, -0.1) is 0 Å². The van der Waals surface area contributed by atoms with E-state index < -0.39 is 6.10 Å². The van der Waals surface area contributed by atoms with Crippen molar-refractivity contribution >= 4 is 10.9 Å². The normalized spacial score (nSPS) is 18.0. The van der Waals surface area contributed by atoms with Crippen LogP contribution in [0.25, 0.3) is 10.9 Å². The molecule has 2 aromatic rings. The van der Waals surface area contributed by atoms with E-state index in [1.54, 1.807) is 12.1 Å². The van der Waals surface area contributed by atoms with Crippen LogP contribution >= 0.6 is 0 Å². The minimum Gasteiger partial charge on any atom is -0.506 e. The van der Waals surface area contributed by atoms with Gasteiger partial charge in [-0.3, -0.25) is 9.69 Å². The molecule has 1 saturated heterocycles. The fourth-order valence-electron chi connectivity index (χ4n) is 2.79. The van der Waals surface area contributed by atoms with Gasteiger partial charge in [-0.05, 0) is 17.7 Å². The average Bonchev–Trinajstić information content (AvgIpc) is 2.49. The zero-order valence-corrected chi connectivity index (χ0v) is 11.7. The minimum absolute atomic E-state index is 0.0147. The Morgan fingerprint density at radius 2 is 1.95 bits per heavy atom. The van der Waals surface area contributed by atoms with E-state index in [-0.39, 0.29) is 11.3 Å². The fraction of sp³-hybridized carbons (Fsp3) is 0.400. The van der Waals surface area contributed by atoms with Gasteiger partial charge < -0.3 is 20.5 Å². The van der Waals surface area contributed by atoms with Crippen molar-refractivity contribution in [2.75, 3.05) is 32.7 Å². The topological polar surface area (TPSA) is 88.6 Å². The molecule has 1 aromatic heterocycles. The van der Waals surface area contributed by atoms with E-state index in [0.717, 1.165) is 31.7 Å². The molecule has 0 bridgehead atoms. The van der Waals surface area contributed by atoms with E-state index >= 15 is 0 Å². The van der Waals surface area contributed by atoms with Crippen molar-refractivity contribution in [3.05, 3.63) is 40.2 Å². The van der Waals surface area contributed by atoms with E-state index in [9.17, 15) is 15.0 Å². The lowest BCUT2D eigenvalue weighted by molar-refractivity contribution is 0.106. The summed E-state index contributed by atoms with van der Waals surface area (Å²) in [5.74, 6) is 0.0147. The monoisotopic (exact) mass is 289 g/mol. The van der Waals surface area contributed by atoms with Crippen LogP contribution < -0.4 is 10.9 Å². The van der Waals surface area contributed by atoms with Crippen molar-refractivity contribution in [1.82, 2.24) is 15.2 Å². The quantitative estimate of drug-likeness (QED) is 0.647. The molecule has 4 N–H and O–H groups in total. The number of piperazine rings is 1. The van der Waals surface area contributed by atoms with Gasteiger partial charge in [0, 0.05) is 44.2 Å². The van der Waals surface area contributed by atoms with Crippen LogP contribution in [0.3, 0.4) is 0 Å². The van der Waals surface area contributed by atoms with Crippen LogP contribution in [-0.2, 0) is 0 Å². The van der Waals surface area contributed by atoms with Gasteiger partial charge >= 0.3 is 0 Å². The Morgan fingerprint density at radius 3 is 2.71 bits per heavy atom. The fourth-order valence-corrected chi connectivity index (χ4v) is 2.79. The summed E-state index contributed by atoms with van der Waals surface area (Å²) < 4.78 is 0. The first-order chi connectivity index (χ1) is 10.1. The lowest BCUT2D eigenvalue weighted by Crippen LogP contribution is -2.44. The molecule has 112 valence electrons. The molecule has 6 nitrogen and oxygen atoms in total. The second kappa shape index (κ2) is 5.85. The highest BCUT2D eigenvalue weighted by Crippen LogP contribution is 2.29. The van der Waals surface area contributed by atoms with Crippen molar-refractivity contribution < 1.29 is 10.2 Å². The molecule has 0 amide bonds. The Labute approximate surface area is 122 Å². The van der Waals surface area contributed by atoms with Crippen LogP contribution in [0.4, 0.5) is 0 Å². The van der Waals surface area contributed by atoms with Crippen LogP contribution in [0.2, 0.25) is 0 Å². The van der Waals surface area contributed by atoms with Crippen LogP contribution in [0, 0.1) is 0 Å². The molecule has 21 heavy (non-hydrogen) atoms. The Hall–Kier alpha value is -1.89. The number of phenols is 1. The number of nitrogens with zero attached hydrogens (tertiary/aromatic N) is 1. The van der Waals surface area contributed by atoms with Gasteiger partial charge in [-0.25, -0.2) is 0 Å². The van der Waals surface area contributed by atoms with E-state index in [4.69, 9.17) is 0 Å². The molecule has 1 aliphatic heterocycles. The van der Waals surface area contributed by atoms with Crippen LogP contribution in [-0.4, -0.2) is 52.8 Å². The molecule has 0 aliphatic carbocycles. The van der Waals surface area contributed by atoms with Gasteiger partial charge in [0.1, 0.15) is 5.75 Å². The number of aromatic nitrogens is 1. The second-order valence-electron chi connectivity index (χ2n) is 5.35. The van der Waals surface area contributed by atoms with E-state index in [0.29, 0.717) is 17.4 Å². The summed E-state index contributed by atoms with van der Waals surface area (Å²) >= 11 is 0. The van der Waals surface area contributed by atoms with Gasteiger partial charge in [0.2, 0.25) is 5.56 Å². The number of aliphatic hydroxyl groups is 1.